The van der Waals surface area contributed by atoms with Crippen molar-refractivity contribution in [3.63, 3.8) is 0 Å². The lowest BCUT2D eigenvalue weighted by molar-refractivity contribution is -0.114. The molecule has 2 nitrogen and oxygen atoms in total. The van der Waals surface area contributed by atoms with Gasteiger partial charge >= 0.3 is 0 Å². The summed E-state index contributed by atoms with van der Waals surface area (Å²) in [5.41, 5.74) is 1.10. The van der Waals surface area contributed by atoms with Gasteiger partial charge in [0.05, 0.1) is 5.02 Å². The Bertz CT molecular complexity index is 304. The Labute approximate surface area is 89.5 Å². The number of phenolic OH excluding ortho intramolecular Hbond substituents is 1. The van der Waals surface area contributed by atoms with E-state index in [4.69, 9.17) is 16.7 Å². The maximum Gasteiger partial charge on any atom is 0.134 e. The molecule has 0 saturated heterocycles. The van der Waals surface area contributed by atoms with E-state index in [2.05, 4.69) is 0 Å². The molecule has 1 rings (SSSR count). The van der Waals surface area contributed by atoms with Crippen LogP contribution in [0.5, 0.6) is 5.75 Å². The second-order valence-electron chi connectivity index (χ2n) is 3.05. The summed E-state index contributed by atoms with van der Waals surface area (Å²) in [6.07, 6.45) is 0.921. The predicted octanol–water partition coefficient (Wildman–Crippen LogP) is 3.20. The summed E-state index contributed by atoms with van der Waals surface area (Å²) in [6.45, 7) is 5.09. The van der Waals surface area contributed by atoms with E-state index in [0.717, 1.165) is 12.0 Å². The van der Waals surface area contributed by atoms with Crippen LogP contribution in [0.2, 0.25) is 5.02 Å². The topological polar surface area (TPSA) is 37.3 Å². The summed E-state index contributed by atoms with van der Waals surface area (Å²) in [5.74, 6) is 0.334. The molecule has 14 heavy (non-hydrogen) atoms. The highest BCUT2D eigenvalue weighted by Gasteiger charge is 1.96. The normalized spacial score (nSPS) is 8.86. The van der Waals surface area contributed by atoms with Crippen molar-refractivity contribution in [3.05, 3.63) is 28.8 Å². The van der Waals surface area contributed by atoms with Crippen molar-refractivity contribution in [2.45, 2.75) is 27.2 Å². The number of benzene rings is 1. The van der Waals surface area contributed by atoms with Gasteiger partial charge in [-0.25, -0.2) is 0 Å². The summed E-state index contributed by atoms with van der Waals surface area (Å²) in [5, 5.41) is 9.51. The molecule has 0 spiro atoms. The number of phenols is 1. The van der Waals surface area contributed by atoms with Gasteiger partial charge in [-0.15, -0.1) is 0 Å². The Morgan fingerprint density at radius 1 is 1.43 bits per heavy atom. The molecule has 0 aliphatic heterocycles. The Hall–Kier alpha value is -1.02. The summed E-state index contributed by atoms with van der Waals surface area (Å²) in [7, 11) is 0. The van der Waals surface area contributed by atoms with Crippen LogP contribution in [0.25, 0.3) is 0 Å². The first-order valence-electron chi connectivity index (χ1n) is 4.42. The maximum atomic E-state index is 9.44. The lowest BCUT2D eigenvalue weighted by atomic mass is 10.2. The van der Waals surface area contributed by atoms with Crippen LogP contribution in [-0.2, 0) is 11.2 Å². The van der Waals surface area contributed by atoms with Crippen molar-refractivity contribution >= 4 is 17.4 Å². The van der Waals surface area contributed by atoms with Crippen LogP contribution >= 0.6 is 11.6 Å². The number of hydrogen-bond donors (Lipinski definition) is 1. The summed E-state index contributed by atoms with van der Waals surface area (Å²) in [4.78, 5) is 9.44. The van der Waals surface area contributed by atoms with Crippen LogP contribution < -0.4 is 0 Å². The van der Waals surface area contributed by atoms with Crippen LogP contribution in [0.4, 0.5) is 0 Å². The molecule has 0 aromatic heterocycles. The molecule has 0 fully saturated rings. The van der Waals surface area contributed by atoms with Crippen molar-refractivity contribution in [1.29, 1.82) is 0 Å². The van der Waals surface area contributed by atoms with E-state index >= 15 is 0 Å². The Morgan fingerprint density at radius 3 is 2.29 bits per heavy atom. The van der Waals surface area contributed by atoms with Gasteiger partial charge in [-0.3, -0.25) is 0 Å². The van der Waals surface area contributed by atoms with Gasteiger partial charge in [-0.2, -0.15) is 0 Å². The first-order valence-corrected chi connectivity index (χ1v) is 4.79. The standard InChI is InChI=1S/C8H9ClO.C3H6O/c1-2-6-3-4-7(9)8(10)5-6;1-3(2)4/h3-5,10H,2H2,1H3;1-2H3. The third kappa shape index (κ3) is 5.60. The molecular weight excluding hydrogens is 200 g/mol. The minimum absolute atomic E-state index is 0.167. The first-order chi connectivity index (χ1) is 6.47. The van der Waals surface area contributed by atoms with Crippen LogP contribution in [0.3, 0.4) is 0 Å². The molecule has 0 aliphatic carbocycles. The minimum Gasteiger partial charge on any atom is -0.506 e. The molecule has 0 bridgehead atoms. The number of rotatable bonds is 1. The van der Waals surface area contributed by atoms with E-state index in [1.54, 1.807) is 12.1 Å². The second kappa shape index (κ2) is 6.44. The van der Waals surface area contributed by atoms with E-state index in [0.29, 0.717) is 5.02 Å². The van der Waals surface area contributed by atoms with Crippen molar-refractivity contribution in [2.75, 3.05) is 0 Å². The number of Topliss-reactive ketones (excluding diaryl/α,β-unsaturated/α-hetero) is 1. The molecule has 0 unspecified atom stereocenters. The summed E-state index contributed by atoms with van der Waals surface area (Å²) in [6, 6.07) is 5.29. The third-order valence-corrected chi connectivity index (χ3v) is 1.74. The number of ketones is 1. The molecule has 1 aromatic rings. The van der Waals surface area contributed by atoms with E-state index in [1.165, 1.54) is 13.8 Å². The van der Waals surface area contributed by atoms with Crippen LogP contribution in [0, 0.1) is 0 Å². The van der Waals surface area contributed by atoms with Gasteiger partial charge in [-0.1, -0.05) is 24.6 Å². The summed E-state index contributed by atoms with van der Waals surface area (Å²) >= 11 is 5.59. The van der Waals surface area contributed by atoms with E-state index < -0.39 is 0 Å². The maximum absolute atomic E-state index is 9.44. The van der Waals surface area contributed by atoms with Gasteiger partial charge in [0, 0.05) is 0 Å². The van der Waals surface area contributed by atoms with E-state index in [9.17, 15) is 4.79 Å². The predicted molar refractivity (Wildman–Crippen MR) is 58.8 cm³/mol. The molecule has 0 heterocycles. The molecule has 1 aromatic carbocycles. The summed E-state index contributed by atoms with van der Waals surface area (Å²) < 4.78 is 0. The van der Waals surface area contributed by atoms with Gasteiger partial charge in [-0.05, 0) is 38.0 Å². The number of aryl methyl sites for hydroxylation is 1. The van der Waals surface area contributed by atoms with Crippen molar-refractivity contribution in [1.82, 2.24) is 0 Å². The Balaban J connectivity index is 0.000000364. The number of aromatic hydroxyl groups is 1. The van der Waals surface area contributed by atoms with Crippen molar-refractivity contribution < 1.29 is 9.90 Å². The molecule has 3 heteroatoms. The van der Waals surface area contributed by atoms with Gasteiger partial charge in [0.25, 0.3) is 0 Å². The zero-order valence-corrected chi connectivity index (χ0v) is 9.43. The quantitative estimate of drug-likeness (QED) is 0.780. The Morgan fingerprint density at radius 2 is 1.93 bits per heavy atom. The molecule has 0 atom stereocenters. The highest BCUT2D eigenvalue weighted by atomic mass is 35.5. The number of halogens is 1. The van der Waals surface area contributed by atoms with Gasteiger partial charge < -0.3 is 9.90 Å². The molecule has 78 valence electrons. The number of hydrogen-bond acceptors (Lipinski definition) is 2. The molecular formula is C11H15ClO2. The minimum atomic E-state index is 0.167. The molecule has 0 aliphatic rings. The number of carbonyl (C=O) groups excluding carboxylic acids is 1. The SMILES string of the molecule is CC(C)=O.CCc1ccc(Cl)c(O)c1. The second-order valence-corrected chi connectivity index (χ2v) is 3.45. The molecule has 0 radical (unpaired) electrons. The van der Waals surface area contributed by atoms with Gasteiger partial charge in [0.1, 0.15) is 11.5 Å². The van der Waals surface area contributed by atoms with E-state index in [-0.39, 0.29) is 11.5 Å². The van der Waals surface area contributed by atoms with Crippen molar-refractivity contribution in [3.8, 4) is 5.75 Å². The van der Waals surface area contributed by atoms with Crippen LogP contribution in [-0.4, -0.2) is 10.9 Å². The van der Waals surface area contributed by atoms with Gasteiger partial charge in [0.15, 0.2) is 0 Å². The third-order valence-electron chi connectivity index (χ3n) is 1.42. The van der Waals surface area contributed by atoms with Crippen molar-refractivity contribution in [2.24, 2.45) is 0 Å². The largest absolute Gasteiger partial charge is 0.506 e. The molecule has 0 saturated carbocycles. The lowest BCUT2D eigenvalue weighted by Crippen LogP contribution is -1.77. The zero-order chi connectivity index (χ0) is 11.1. The molecule has 1 N–H and O–H groups in total. The first kappa shape index (κ1) is 13.0. The highest BCUT2D eigenvalue weighted by molar-refractivity contribution is 6.31. The Kier molecular flexibility index (Phi) is 5.97. The molecule has 0 amide bonds. The van der Waals surface area contributed by atoms with Crippen LogP contribution in [0.15, 0.2) is 18.2 Å². The number of carbonyl (C=O) groups is 1. The lowest BCUT2D eigenvalue weighted by Gasteiger charge is -1.98. The van der Waals surface area contributed by atoms with Gasteiger partial charge in [0.2, 0.25) is 0 Å². The average Bonchev–Trinajstić information content (AvgIpc) is 2.09. The van der Waals surface area contributed by atoms with E-state index in [1.807, 2.05) is 13.0 Å². The smallest absolute Gasteiger partial charge is 0.134 e. The fourth-order valence-corrected chi connectivity index (χ4v) is 0.896. The highest BCUT2D eigenvalue weighted by Crippen LogP contribution is 2.23. The average molecular weight is 215 g/mol. The fourth-order valence-electron chi connectivity index (χ4n) is 0.778. The monoisotopic (exact) mass is 214 g/mol. The fraction of sp³-hybridized carbons (Fsp3) is 0.364. The van der Waals surface area contributed by atoms with Crippen LogP contribution in [0.1, 0.15) is 26.3 Å². The zero-order valence-electron chi connectivity index (χ0n) is 8.67.